The first kappa shape index (κ1) is 46.6. The third-order valence-electron chi connectivity index (χ3n) is 9.88. The highest BCUT2D eigenvalue weighted by Crippen LogP contribution is 2.41. The lowest BCUT2D eigenvalue weighted by Gasteiger charge is -2.41. The zero-order chi connectivity index (χ0) is 42.1. The van der Waals surface area contributed by atoms with Gasteiger partial charge in [-0.25, -0.2) is 8.78 Å². The minimum atomic E-state index is -1.04. The van der Waals surface area contributed by atoms with Crippen molar-refractivity contribution in [3.05, 3.63) is 83.7 Å². The lowest BCUT2D eigenvalue weighted by atomic mass is 9.82. The van der Waals surface area contributed by atoms with Gasteiger partial charge in [0.1, 0.15) is 35.8 Å². The quantitative estimate of drug-likeness (QED) is 0.0671. The average Bonchev–Trinajstić information content (AvgIpc) is 3.56. The normalized spacial score (nSPS) is 13.1. The largest absolute Gasteiger partial charge is 0.480 e. The standard InChI is InChI=1S/C43H59F2N5O7/c1-43(2,3)40(38-24-30(34-25-31(44)19-20-35(34)45)27-49(38)26-29-12-6-4-7-13-29)50(39(54)28-51)23-21-36(46)41(55)48-22-11-17-33(53)16-10-15-32(52)14-8-5-9-18-37(47)42(56)57/h4,6-7,12-13,19-20,24-25,27,36-37,40,51H,5,8-11,14-18,21-23,26,28,46-47H2,1-3H3,(H,48,55)(H,56,57)/t36-,37-,40-/m0/s1. The number of aliphatic hydroxyl groups excluding tert-OH is 1. The number of ketones is 2. The first-order valence-electron chi connectivity index (χ1n) is 19.7. The molecule has 0 radical (unpaired) electrons. The van der Waals surface area contributed by atoms with E-state index in [4.69, 9.17) is 16.6 Å². The van der Waals surface area contributed by atoms with Crippen LogP contribution in [0.2, 0.25) is 0 Å². The molecule has 312 valence electrons. The molecule has 0 aliphatic rings. The average molecular weight is 796 g/mol. The summed E-state index contributed by atoms with van der Waals surface area (Å²) in [5.74, 6) is -3.25. The zero-order valence-corrected chi connectivity index (χ0v) is 33.4. The summed E-state index contributed by atoms with van der Waals surface area (Å²) >= 11 is 0. The number of carboxylic acids is 1. The SMILES string of the molecule is CC(C)(C)[C@H](c1cc(-c2cc(F)ccc2F)cn1Cc1ccccc1)N(CC[C@H](N)C(=O)NCCCC(=O)CCCC(=O)CCCCC[C@H](N)C(=O)O)C(=O)CO. The van der Waals surface area contributed by atoms with Crippen LogP contribution >= 0.6 is 0 Å². The summed E-state index contributed by atoms with van der Waals surface area (Å²) in [4.78, 5) is 63.2. The van der Waals surface area contributed by atoms with Gasteiger partial charge in [-0.05, 0) is 67.3 Å². The van der Waals surface area contributed by atoms with Gasteiger partial charge in [-0.15, -0.1) is 0 Å². The number of hydrogen-bond acceptors (Lipinski definition) is 8. The van der Waals surface area contributed by atoms with Crippen molar-refractivity contribution in [2.24, 2.45) is 16.9 Å². The molecule has 3 atom stereocenters. The summed E-state index contributed by atoms with van der Waals surface area (Å²) in [5, 5.41) is 21.7. The van der Waals surface area contributed by atoms with E-state index in [0.717, 1.165) is 23.8 Å². The number of rotatable bonds is 25. The predicted molar refractivity (Wildman–Crippen MR) is 214 cm³/mol. The Morgan fingerprint density at radius 1 is 0.825 bits per heavy atom. The molecule has 0 aliphatic heterocycles. The lowest BCUT2D eigenvalue weighted by Crippen LogP contribution is -2.47. The second kappa shape index (κ2) is 22.8. The molecule has 0 aliphatic carbocycles. The van der Waals surface area contributed by atoms with Crippen LogP contribution in [0, 0.1) is 17.0 Å². The Kier molecular flexibility index (Phi) is 18.7. The number of aliphatic hydroxyl groups is 1. The highest BCUT2D eigenvalue weighted by Gasteiger charge is 2.37. The molecule has 1 aromatic heterocycles. The van der Waals surface area contributed by atoms with Crippen LogP contribution in [0.1, 0.15) is 109 Å². The molecule has 14 heteroatoms. The molecule has 0 fully saturated rings. The first-order valence-corrected chi connectivity index (χ1v) is 19.7. The van der Waals surface area contributed by atoms with Gasteiger partial charge in [0.05, 0.1) is 12.1 Å². The Morgan fingerprint density at radius 2 is 1.47 bits per heavy atom. The van der Waals surface area contributed by atoms with Crippen molar-refractivity contribution in [1.82, 2.24) is 14.8 Å². The molecule has 1 heterocycles. The number of carbonyl (C=O) groups is 5. The van der Waals surface area contributed by atoms with E-state index in [1.165, 1.54) is 4.90 Å². The molecule has 0 bridgehead atoms. The summed E-state index contributed by atoms with van der Waals surface area (Å²) < 4.78 is 31.2. The molecule has 3 rings (SSSR count). The van der Waals surface area contributed by atoms with Crippen molar-refractivity contribution < 1.29 is 43.0 Å². The van der Waals surface area contributed by atoms with Crippen LogP contribution in [0.25, 0.3) is 11.1 Å². The maximum absolute atomic E-state index is 15.0. The van der Waals surface area contributed by atoms with E-state index in [0.29, 0.717) is 69.2 Å². The molecular formula is C43H59F2N5O7. The van der Waals surface area contributed by atoms with Crippen LogP contribution in [-0.4, -0.2) is 80.8 Å². The minimum absolute atomic E-state index is 0.00614. The van der Waals surface area contributed by atoms with Crippen molar-refractivity contribution in [3.8, 4) is 11.1 Å². The van der Waals surface area contributed by atoms with E-state index in [1.54, 1.807) is 12.3 Å². The third-order valence-corrected chi connectivity index (χ3v) is 9.88. The number of nitrogens with zero attached hydrogens (tertiary/aromatic N) is 2. The predicted octanol–water partition coefficient (Wildman–Crippen LogP) is 5.67. The highest BCUT2D eigenvalue weighted by molar-refractivity contribution is 5.83. The van der Waals surface area contributed by atoms with E-state index in [1.807, 2.05) is 55.7 Å². The van der Waals surface area contributed by atoms with Crippen molar-refractivity contribution >= 4 is 29.4 Å². The van der Waals surface area contributed by atoms with Gasteiger partial charge in [0.2, 0.25) is 11.8 Å². The number of unbranched alkanes of at least 4 members (excludes halogenated alkanes) is 2. The van der Waals surface area contributed by atoms with Gasteiger partial charge in [-0.2, -0.15) is 0 Å². The number of Topliss-reactive ketones (excluding diaryl/α,β-unsaturated/α-hetero) is 2. The number of nitrogens with one attached hydrogen (secondary N) is 1. The van der Waals surface area contributed by atoms with Crippen molar-refractivity contribution in [2.75, 3.05) is 19.7 Å². The van der Waals surface area contributed by atoms with Crippen LogP contribution in [0.3, 0.4) is 0 Å². The number of amides is 2. The Morgan fingerprint density at radius 3 is 2.11 bits per heavy atom. The molecule has 57 heavy (non-hydrogen) atoms. The minimum Gasteiger partial charge on any atom is -0.480 e. The molecule has 0 spiro atoms. The number of carbonyl (C=O) groups excluding carboxylic acids is 4. The number of aromatic nitrogens is 1. The van der Waals surface area contributed by atoms with Gasteiger partial charge in [-0.3, -0.25) is 24.0 Å². The van der Waals surface area contributed by atoms with E-state index < -0.39 is 59.6 Å². The van der Waals surface area contributed by atoms with Gasteiger partial charge in [0, 0.05) is 68.3 Å². The zero-order valence-electron chi connectivity index (χ0n) is 33.4. The molecule has 3 aromatic rings. The van der Waals surface area contributed by atoms with E-state index in [2.05, 4.69) is 5.32 Å². The van der Waals surface area contributed by atoms with Gasteiger partial charge in [0.25, 0.3) is 0 Å². The number of halogens is 2. The maximum Gasteiger partial charge on any atom is 0.320 e. The van der Waals surface area contributed by atoms with Crippen LogP contribution in [0.15, 0.2) is 60.8 Å². The van der Waals surface area contributed by atoms with E-state index >= 15 is 4.39 Å². The van der Waals surface area contributed by atoms with Crippen molar-refractivity contribution in [1.29, 1.82) is 0 Å². The summed E-state index contributed by atoms with van der Waals surface area (Å²) in [6.45, 7) is 5.55. The van der Waals surface area contributed by atoms with Gasteiger partial charge < -0.3 is 36.5 Å². The fourth-order valence-electron chi connectivity index (χ4n) is 6.86. The first-order chi connectivity index (χ1) is 27.0. The second-order valence-electron chi connectivity index (χ2n) is 15.7. The molecule has 0 saturated carbocycles. The molecule has 7 N–H and O–H groups in total. The fraction of sp³-hybridized carbons (Fsp3) is 0.512. The third kappa shape index (κ3) is 15.2. The number of benzene rings is 2. The van der Waals surface area contributed by atoms with Gasteiger partial charge in [-0.1, -0.05) is 63.9 Å². The summed E-state index contributed by atoms with van der Waals surface area (Å²) in [5.41, 5.74) is 13.2. The van der Waals surface area contributed by atoms with Crippen LogP contribution in [-0.2, 0) is 30.5 Å². The van der Waals surface area contributed by atoms with E-state index in [-0.39, 0.29) is 49.5 Å². The summed E-state index contributed by atoms with van der Waals surface area (Å²) in [7, 11) is 0. The monoisotopic (exact) mass is 795 g/mol. The summed E-state index contributed by atoms with van der Waals surface area (Å²) in [6, 6.07) is 11.9. The maximum atomic E-state index is 15.0. The van der Waals surface area contributed by atoms with Crippen LogP contribution < -0.4 is 16.8 Å². The molecule has 12 nitrogen and oxygen atoms in total. The summed E-state index contributed by atoms with van der Waals surface area (Å²) in [6.07, 6.45) is 6.12. The molecule has 2 aromatic carbocycles. The molecular weight excluding hydrogens is 736 g/mol. The smallest absolute Gasteiger partial charge is 0.320 e. The second-order valence-corrected chi connectivity index (χ2v) is 15.7. The molecule has 2 amide bonds. The lowest BCUT2D eigenvalue weighted by molar-refractivity contribution is -0.140. The van der Waals surface area contributed by atoms with Gasteiger partial charge in [0.15, 0.2) is 0 Å². The molecule has 0 unspecified atom stereocenters. The number of nitrogens with two attached hydrogens (primary N) is 2. The van der Waals surface area contributed by atoms with Gasteiger partial charge >= 0.3 is 5.97 Å². The van der Waals surface area contributed by atoms with Crippen LogP contribution in [0.5, 0.6) is 0 Å². The van der Waals surface area contributed by atoms with Crippen molar-refractivity contribution in [2.45, 2.75) is 116 Å². The van der Waals surface area contributed by atoms with Crippen molar-refractivity contribution in [3.63, 3.8) is 0 Å². The van der Waals surface area contributed by atoms with Crippen LogP contribution in [0.4, 0.5) is 8.78 Å². The Labute approximate surface area is 334 Å². The molecule has 0 saturated heterocycles. The topological polar surface area (TPSA) is 198 Å². The number of aliphatic carboxylic acids is 1. The fourth-order valence-corrected chi connectivity index (χ4v) is 6.86. The van der Waals surface area contributed by atoms with E-state index in [9.17, 15) is 33.5 Å². The highest BCUT2D eigenvalue weighted by atomic mass is 19.1. The Bertz CT molecular complexity index is 1790. The Hall–Kier alpha value is -4.79. The Balaban J connectivity index is 1.58. The number of hydrogen-bond donors (Lipinski definition) is 5. The number of carboxylic acid groups (broad SMARTS) is 1.